The first-order valence-corrected chi connectivity index (χ1v) is 10.3. The van der Waals surface area contributed by atoms with Gasteiger partial charge in [-0.05, 0) is 48.8 Å². The van der Waals surface area contributed by atoms with Crippen molar-refractivity contribution in [2.45, 2.75) is 19.3 Å². The predicted molar refractivity (Wildman–Crippen MR) is 109 cm³/mol. The predicted octanol–water partition coefficient (Wildman–Crippen LogP) is 1.73. The fraction of sp³-hybridized carbons (Fsp3) is 0.500. The van der Waals surface area contributed by atoms with E-state index in [4.69, 9.17) is 0 Å². The van der Waals surface area contributed by atoms with Gasteiger partial charge in [-0.15, -0.1) is 0 Å². The molecule has 2 amide bonds. The zero-order valence-corrected chi connectivity index (χ0v) is 16.6. The van der Waals surface area contributed by atoms with E-state index in [1.54, 1.807) is 19.2 Å². The van der Waals surface area contributed by atoms with Gasteiger partial charge in [0.15, 0.2) is 5.96 Å². The standard InChI is InChI=1S/C22H27FN4O2/c1-24-22(25-9-3-5-14-4-2-6-17(23)12-14)26-10-11-27-20(28)18-15-7-8-16(13-15)19(18)21(27)29/h2,4,6-8,12,15-16,18-19H,3,5,9-11,13H2,1H3,(H2,24,25,26). The minimum atomic E-state index is -0.216. The smallest absolute Gasteiger partial charge is 0.233 e. The molecule has 4 atom stereocenters. The number of likely N-dealkylation sites (tertiary alicyclic amines) is 1. The van der Waals surface area contributed by atoms with Gasteiger partial charge in [0.25, 0.3) is 0 Å². The minimum absolute atomic E-state index is 0.0170. The summed E-state index contributed by atoms with van der Waals surface area (Å²) in [5.41, 5.74) is 0.967. The highest BCUT2D eigenvalue weighted by Crippen LogP contribution is 2.52. The Morgan fingerprint density at radius 1 is 1.14 bits per heavy atom. The van der Waals surface area contributed by atoms with Gasteiger partial charge in [0, 0.05) is 26.7 Å². The molecule has 4 unspecified atom stereocenters. The third-order valence-electron chi connectivity index (χ3n) is 6.24. The molecule has 2 aliphatic carbocycles. The van der Waals surface area contributed by atoms with Gasteiger partial charge in [0.1, 0.15) is 5.82 Å². The SMILES string of the molecule is CN=C(NCCCc1cccc(F)c1)NCCN1C(=O)C2C3C=CC(C3)C2C1=O. The Labute approximate surface area is 170 Å². The number of allylic oxidation sites excluding steroid dienone is 2. The third-order valence-corrected chi connectivity index (χ3v) is 6.24. The Morgan fingerprint density at radius 3 is 2.48 bits per heavy atom. The maximum absolute atomic E-state index is 13.2. The summed E-state index contributed by atoms with van der Waals surface area (Å²) in [6.45, 7) is 1.51. The normalized spacial score (nSPS) is 27.7. The molecular formula is C22H27FN4O2. The number of fused-ring (bicyclic) bond motifs is 5. The molecule has 1 saturated carbocycles. The van der Waals surface area contributed by atoms with Gasteiger partial charge in [-0.2, -0.15) is 0 Å². The number of hydrogen-bond donors (Lipinski definition) is 2. The molecule has 1 saturated heterocycles. The molecule has 1 heterocycles. The van der Waals surface area contributed by atoms with Gasteiger partial charge < -0.3 is 10.6 Å². The quantitative estimate of drug-likeness (QED) is 0.241. The van der Waals surface area contributed by atoms with Gasteiger partial charge >= 0.3 is 0 Å². The van der Waals surface area contributed by atoms with Gasteiger partial charge in [0.05, 0.1) is 11.8 Å². The van der Waals surface area contributed by atoms with Crippen LogP contribution in [-0.4, -0.2) is 49.4 Å². The largest absolute Gasteiger partial charge is 0.356 e. The highest BCUT2D eigenvalue weighted by molar-refractivity contribution is 6.06. The molecule has 1 aromatic carbocycles. The number of imide groups is 1. The Hall–Kier alpha value is -2.70. The summed E-state index contributed by atoms with van der Waals surface area (Å²) < 4.78 is 13.2. The van der Waals surface area contributed by atoms with Gasteiger partial charge in [0.2, 0.25) is 11.8 Å². The topological polar surface area (TPSA) is 73.8 Å². The van der Waals surface area contributed by atoms with E-state index >= 15 is 0 Å². The minimum Gasteiger partial charge on any atom is -0.356 e. The van der Waals surface area contributed by atoms with Crippen molar-refractivity contribution in [3.8, 4) is 0 Å². The van der Waals surface area contributed by atoms with Crippen LogP contribution in [0.25, 0.3) is 0 Å². The highest BCUT2D eigenvalue weighted by atomic mass is 19.1. The summed E-state index contributed by atoms with van der Waals surface area (Å²) in [7, 11) is 1.68. The maximum Gasteiger partial charge on any atom is 0.233 e. The van der Waals surface area contributed by atoms with Gasteiger partial charge in [-0.25, -0.2) is 4.39 Å². The summed E-state index contributed by atoms with van der Waals surface area (Å²) in [6, 6.07) is 6.62. The molecule has 4 rings (SSSR count). The Balaban J connectivity index is 1.19. The number of rotatable bonds is 7. The summed E-state index contributed by atoms with van der Waals surface area (Å²) in [5.74, 6) is 0.583. The molecule has 1 aliphatic heterocycles. The van der Waals surface area contributed by atoms with Crippen molar-refractivity contribution in [3.05, 3.63) is 47.8 Å². The molecule has 29 heavy (non-hydrogen) atoms. The van der Waals surface area contributed by atoms with E-state index in [-0.39, 0.29) is 41.3 Å². The maximum atomic E-state index is 13.2. The highest BCUT2D eigenvalue weighted by Gasteiger charge is 2.58. The monoisotopic (exact) mass is 398 g/mol. The number of halogens is 1. The van der Waals surface area contributed by atoms with Crippen LogP contribution in [0.4, 0.5) is 4.39 Å². The molecule has 1 aromatic rings. The number of hydrogen-bond acceptors (Lipinski definition) is 3. The average molecular weight is 398 g/mol. The molecule has 0 spiro atoms. The fourth-order valence-electron chi connectivity index (χ4n) is 4.88. The van der Waals surface area contributed by atoms with Crippen LogP contribution >= 0.6 is 0 Å². The fourth-order valence-corrected chi connectivity index (χ4v) is 4.88. The molecule has 2 N–H and O–H groups in total. The van der Waals surface area contributed by atoms with Crippen molar-refractivity contribution >= 4 is 17.8 Å². The summed E-state index contributed by atoms with van der Waals surface area (Å²) in [4.78, 5) is 30.9. The lowest BCUT2D eigenvalue weighted by Crippen LogP contribution is -2.44. The number of aliphatic imine (C=N–C) groups is 1. The summed E-state index contributed by atoms with van der Waals surface area (Å²) in [5, 5.41) is 6.38. The third kappa shape index (κ3) is 3.91. The van der Waals surface area contributed by atoms with Crippen LogP contribution in [0.15, 0.2) is 41.4 Å². The number of aryl methyl sites for hydroxylation is 1. The van der Waals surface area contributed by atoms with Crippen molar-refractivity contribution in [2.24, 2.45) is 28.7 Å². The van der Waals surface area contributed by atoms with Crippen LogP contribution in [-0.2, 0) is 16.0 Å². The van der Waals surface area contributed by atoms with Crippen LogP contribution in [0.5, 0.6) is 0 Å². The molecule has 2 fully saturated rings. The molecule has 2 bridgehead atoms. The number of guanidine groups is 1. The van der Waals surface area contributed by atoms with E-state index in [0.717, 1.165) is 24.8 Å². The number of nitrogens with one attached hydrogen (secondary N) is 2. The molecule has 7 heteroatoms. The van der Waals surface area contributed by atoms with Gasteiger partial charge in [-0.1, -0.05) is 24.3 Å². The van der Waals surface area contributed by atoms with Crippen LogP contribution < -0.4 is 10.6 Å². The average Bonchev–Trinajstić information content (AvgIpc) is 3.39. The Bertz CT molecular complexity index is 823. The molecule has 0 aromatic heterocycles. The van der Waals surface area contributed by atoms with Crippen LogP contribution in [0.2, 0.25) is 0 Å². The Kier molecular flexibility index (Phi) is 5.65. The number of nitrogens with zero attached hydrogens (tertiary/aromatic N) is 2. The van der Waals surface area contributed by atoms with Crippen LogP contribution in [0.1, 0.15) is 18.4 Å². The first-order chi connectivity index (χ1) is 14.1. The second kappa shape index (κ2) is 8.35. The number of benzene rings is 1. The molecule has 6 nitrogen and oxygen atoms in total. The van der Waals surface area contributed by atoms with Crippen molar-refractivity contribution in [2.75, 3.05) is 26.7 Å². The number of carbonyl (C=O) groups excluding carboxylic acids is 2. The van der Waals surface area contributed by atoms with E-state index in [2.05, 4.69) is 27.8 Å². The first-order valence-electron chi connectivity index (χ1n) is 10.3. The van der Waals surface area contributed by atoms with Crippen LogP contribution in [0, 0.1) is 29.5 Å². The van der Waals surface area contributed by atoms with E-state index in [1.165, 1.54) is 11.0 Å². The second-order valence-electron chi connectivity index (χ2n) is 7.99. The van der Waals surface area contributed by atoms with Crippen LogP contribution in [0.3, 0.4) is 0 Å². The van der Waals surface area contributed by atoms with E-state index in [1.807, 2.05) is 6.07 Å². The zero-order chi connectivity index (χ0) is 20.4. The van der Waals surface area contributed by atoms with Crippen molar-refractivity contribution in [1.29, 1.82) is 0 Å². The van der Waals surface area contributed by atoms with E-state index < -0.39 is 0 Å². The molecular weight excluding hydrogens is 371 g/mol. The Morgan fingerprint density at radius 2 is 1.83 bits per heavy atom. The lowest BCUT2D eigenvalue weighted by Gasteiger charge is -2.18. The van der Waals surface area contributed by atoms with E-state index in [0.29, 0.717) is 25.6 Å². The van der Waals surface area contributed by atoms with Crippen molar-refractivity contribution in [1.82, 2.24) is 15.5 Å². The lowest BCUT2D eigenvalue weighted by atomic mass is 9.85. The van der Waals surface area contributed by atoms with Crippen molar-refractivity contribution in [3.63, 3.8) is 0 Å². The second-order valence-corrected chi connectivity index (χ2v) is 7.99. The van der Waals surface area contributed by atoms with Crippen molar-refractivity contribution < 1.29 is 14.0 Å². The van der Waals surface area contributed by atoms with Gasteiger partial charge in [-0.3, -0.25) is 19.5 Å². The van der Waals surface area contributed by atoms with E-state index in [9.17, 15) is 14.0 Å². The lowest BCUT2D eigenvalue weighted by molar-refractivity contribution is -0.140. The number of amides is 2. The molecule has 3 aliphatic rings. The molecule has 0 radical (unpaired) electrons. The molecule has 154 valence electrons. The number of carbonyl (C=O) groups is 2. The zero-order valence-electron chi connectivity index (χ0n) is 16.6. The summed E-state index contributed by atoms with van der Waals surface area (Å²) >= 11 is 0. The summed E-state index contributed by atoms with van der Waals surface area (Å²) in [6.07, 6.45) is 6.78. The first kappa shape index (κ1) is 19.6.